The van der Waals surface area contributed by atoms with Crippen molar-refractivity contribution < 1.29 is 14.4 Å². The smallest absolute Gasteiger partial charge is 0.256 e. The van der Waals surface area contributed by atoms with Crippen LogP contribution in [0.25, 0.3) is 0 Å². The zero-order valence-electron chi connectivity index (χ0n) is 17.3. The number of nitrogens with zero attached hydrogens (tertiary/aromatic N) is 2. The summed E-state index contributed by atoms with van der Waals surface area (Å²) in [6.45, 7) is 3.82. The van der Waals surface area contributed by atoms with Gasteiger partial charge in [0, 0.05) is 24.6 Å². The molecule has 1 heterocycles. The quantitative estimate of drug-likeness (QED) is 0.649. The van der Waals surface area contributed by atoms with E-state index in [2.05, 4.69) is 25.9 Å². The van der Waals surface area contributed by atoms with Crippen LogP contribution in [-0.4, -0.2) is 34.2 Å². The maximum atomic E-state index is 12.7. The lowest BCUT2D eigenvalue weighted by Crippen LogP contribution is -2.26. The average Bonchev–Trinajstić information content (AvgIpc) is 3.23. The molecule has 3 rings (SSSR count). The van der Waals surface area contributed by atoms with Crippen molar-refractivity contribution in [3.8, 4) is 0 Å². The van der Waals surface area contributed by atoms with Crippen molar-refractivity contribution in [1.82, 2.24) is 15.3 Å². The van der Waals surface area contributed by atoms with Gasteiger partial charge in [-0.3, -0.25) is 19.7 Å². The first kappa shape index (κ1) is 21.4. The third-order valence-electron chi connectivity index (χ3n) is 5.25. The van der Waals surface area contributed by atoms with Crippen LogP contribution in [-0.2, 0) is 4.79 Å². The molecule has 0 bridgehead atoms. The van der Waals surface area contributed by atoms with E-state index in [0.29, 0.717) is 29.3 Å². The fourth-order valence-electron chi connectivity index (χ4n) is 3.61. The van der Waals surface area contributed by atoms with Gasteiger partial charge in [-0.2, -0.15) is 0 Å². The molecule has 0 spiro atoms. The van der Waals surface area contributed by atoms with Crippen LogP contribution in [0.15, 0.2) is 30.6 Å². The molecule has 2 aromatic rings. The molecule has 3 N–H and O–H groups in total. The zero-order valence-corrected chi connectivity index (χ0v) is 17.3. The standard InChI is InChI=1S/C22H27N5O3/c1-14-7-8-17(20(29)23-10-9-16-5-3-4-6-16)11-19(14)21(30)27-18-12-24-22(25-13-18)26-15(2)28/h7-8,11-13,16H,3-6,9-10H2,1-2H3,(H,23,29)(H,27,30)(H,24,25,26,28). The Balaban J connectivity index is 1.61. The minimum atomic E-state index is -0.357. The number of nitrogens with one attached hydrogen (secondary N) is 3. The van der Waals surface area contributed by atoms with Crippen molar-refractivity contribution in [1.29, 1.82) is 0 Å². The van der Waals surface area contributed by atoms with E-state index in [1.165, 1.54) is 45.0 Å². The van der Waals surface area contributed by atoms with Crippen molar-refractivity contribution >= 4 is 29.4 Å². The van der Waals surface area contributed by atoms with Crippen LogP contribution in [0.2, 0.25) is 0 Å². The number of aromatic nitrogens is 2. The van der Waals surface area contributed by atoms with E-state index in [1.807, 2.05) is 6.92 Å². The van der Waals surface area contributed by atoms with Crippen LogP contribution in [0.1, 0.15) is 65.3 Å². The number of hydrogen-bond donors (Lipinski definition) is 3. The lowest BCUT2D eigenvalue weighted by molar-refractivity contribution is -0.114. The lowest BCUT2D eigenvalue weighted by atomic mass is 10.0. The van der Waals surface area contributed by atoms with E-state index >= 15 is 0 Å². The predicted molar refractivity (Wildman–Crippen MR) is 114 cm³/mol. The highest BCUT2D eigenvalue weighted by molar-refractivity contribution is 6.07. The highest BCUT2D eigenvalue weighted by atomic mass is 16.2. The molecular weight excluding hydrogens is 382 g/mol. The fourth-order valence-corrected chi connectivity index (χ4v) is 3.61. The van der Waals surface area contributed by atoms with Gasteiger partial charge < -0.3 is 10.6 Å². The number of hydrogen-bond acceptors (Lipinski definition) is 5. The van der Waals surface area contributed by atoms with E-state index in [0.717, 1.165) is 12.0 Å². The molecule has 0 saturated heterocycles. The Kier molecular flexibility index (Phi) is 7.11. The third-order valence-corrected chi connectivity index (χ3v) is 5.25. The molecule has 1 aromatic carbocycles. The van der Waals surface area contributed by atoms with Crippen LogP contribution in [0, 0.1) is 12.8 Å². The molecule has 0 atom stereocenters. The van der Waals surface area contributed by atoms with Gasteiger partial charge in [0.15, 0.2) is 0 Å². The number of aryl methyl sites for hydroxylation is 1. The molecule has 158 valence electrons. The first-order valence-electron chi connectivity index (χ1n) is 10.2. The first-order chi connectivity index (χ1) is 14.4. The summed E-state index contributed by atoms with van der Waals surface area (Å²) < 4.78 is 0. The van der Waals surface area contributed by atoms with Crippen LogP contribution < -0.4 is 16.0 Å². The molecule has 8 nitrogen and oxygen atoms in total. The average molecular weight is 409 g/mol. The third kappa shape index (κ3) is 5.85. The van der Waals surface area contributed by atoms with Gasteiger partial charge in [0.1, 0.15) is 0 Å². The van der Waals surface area contributed by atoms with Crippen molar-refractivity contribution in [2.24, 2.45) is 5.92 Å². The highest BCUT2D eigenvalue weighted by Gasteiger charge is 2.16. The number of benzene rings is 1. The van der Waals surface area contributed by atoms with E-state index in [1.54, 1.807) is 18.2 Å². The van der Waals surface area contributed by atoms with Crippen LogP contribution in [0.5, 0.6) is 0 Å². The second-order valence-electron chi connectivity index (χ2n) is 7.66. The SMILES string of the molecule is CC(=O)Nc1ncc(NC(=O)c2cc(C(=O)NCCC3CCCC3)ccc2C)cn1. The molecule has 1 saturated carbocycles. The Hall–Kier alpha value is -3.29. The van der Waals surface area contributed by atoms with Crippen molar-refractivity contribution in [3.63, 3.8) is 0 Å². The van der Waals surface area contributed by atoms with Crippen molar-refractivity contribution in [3.05, 3.63) is 47.3 Å². The summed E-state index contributed by atoms with van der Waals surface area (Å²) >= 11 is 0. The summed E-state index contributed by atoms with van der Waals surface area (Å²) in [7, 11) is 0. The summed E-state index contributed by atoms with van der Waals surface area (Å²) in [4.78, 5) is 44.2. The number of anilines is 2. The molecule has 0 aliphatic heterocycles. The number of carbonyl (C=O) groups excluding carboxylic acids is 3. The van der Waals surface area contributed by atoms with Crippen LogP contribution in [0.3, 0.4) is 0 Å². The van der Waals surface area contributed by atoms with Gasteiger partial charge >= 0.3 is 0 Å². The minimum absolute atomic E-state index is 0.160. The molecule has 1 aromatic heterocycles. The summed E-state index contributed by atoms with van der Waals surface area (Å²) in [5.74, 6) is 0.0617. The van der Waals surface area contributed by atoms with Gasteiger partial charge in [0.2, 0.25) is 11.9 Å². The number of amides is 3. The molecule has 0 unspecified atom stereocenters. The molecule has 0 radical (unpaired) electrons. The molecule has 3 amide bonds. The van der Waals surface area contributed by atoms with Gasteiger partial charge in [0.25, 0.3) is 11.8 Å². The molecule has 8 heteroatoms. The Morgan fingerprint density at radius 3 is 2.40 bits per heavy atom. The molecular formula is C22H27N5O3. The second kappa shape index (κ2) is 9.96. The van der Waals surface area contributed by atoms with Gasteiger partial charge in [-0.25, -0.2) is 9.97 Å². The van der Waals surface area contributed by atoms with E-state index < -0.39 is 0 Å². The molecule has 1 aliphatic rings. The lowest BCUT2D eigenvalue weighted by Gasteiger charge is -2.12. The second-order valence-corrected chi connectivity index (χ2v) is 7.66. The fraction of sp³-hybridized carbons (Fsp3) is 0.409. The molecule has 1 aliphatic carbocycles. The maximum absolute atomic E-state index is 12.7. The normalized spacial score (nSPS) is 13.7. The van der Waals surface area contributed by atoms with Gasteiger partial charge in [-0.05, 0) is 37.0 Å². The van der Waals surface area contributed by atoms with E-state index in [4.69, 9.17) is 0 Å². The number of carbonyl (C=O) groups is 3. The van der Waals surface area contributed by atoms with E-state index in [-0.39, 0.29) is 23.7 Å². The summed E-state index contributed by atoms with van der Waals surface area (Å²) in [6, 6.07) is 5.08. The van der Waals surface area contributed by atoms with Crippen LogP contribution in [0.4, 0.5) is 11.6 Å². The summed E-state index contributed by atoms with van der Waals surface area (Å²) in [5, 5.41) is 8.14. The Morgan fingerprint density at radius 2 is 1.73 bits per heavy atom. The minimum Gasteiger partial charge on any atom is -0.352 e. The first-order valence-corrected chi connectivity index (χ1v) is 10.2. The number of rotatable bonds is 7. The Bertz CT molecular complexity index is 921. The van der Waals surface area contributed by atoms with Crippen molar-refractivity contribution in [2.75, 3.05) is 17.2 Å². The van der Waals surface area contributed by atoms with Gasteiger partial charge in [0.05, 0.1) is 18.1 Å². The van der Waals surface area contributed by atoms with Crippen LogP contribution >= 0.6 is 0 Å². The van der Waals surface area contributed by atoms with E-state index in [9.17, 15) is 14.4 Å². The maximum Gasteiger partial charge on any atom is 0.256 e. The largest absolute Gasteiger partial charge is 0.352 e. The predicted octanol–water partition coefficient (Wildman–Crippen LogP) is 3.31. The topological polar surface area (TPSA) is 113 Å². The van der Waals surface area contributed by atoms with Gasteiger partial charge in [-0.15, -0.1) is 0 Å². The Labute approximate surface area is 175 Å². The summed E-state index contributed by atoms with van der Waals surface area (Å²) in [5.41, 5.74) is 2.00. The van der Waals surface area contributed by atoms with Gasteiger partial charge in [-0.1, -0.05) is 31.7 Å². The van der Waals surface area contributed by atoms with Crippen molar-refractivity contribution in [2.45, 2.75) is 46.0 Å². The highest BCUT2D eigenvalue weighted by Crippen LogP contribution is 2.27. The summed E-state index contributed by atoms with van der Waals surface area (Å²) in [6.07, 6.45) is 8.89. The Morgan fingerprint density at radius 1 is 1.03 bits per heavy atom. The zero-order chi connectivity index (χ0) is 21.5. The molecule has 30 heavy (non-hydrogen) atoms. The monoisotopic (exact) mass is 409 g/mol. The molecule has 1 fully saturated rings.